The van der Waals surface area contributed by atoms with E-state index in [1.165, 1.54) is 28.9 Å². The molecule has 1 aliphatic rings. The van der Waals surface area contributed by atoms with Crippen LogP contribution in [0.5, 0.6) is 11.5 Å². The molecule has 3 N–H and O–H groups in total. The smallest absolute Gasteiger partial charge is 0.343 e. The van der Waals surface area contributed by atoms with Crippen LogP contribution in [-0.4, -0.2) is 44.8 Å². The Morgan fingerprint density at radius 3 is 1.86 bits per heavy atom. The van der Waals surface area contributed by atoms with E-state index in [1.54, 1.807) is 6.07 Å². The summed E-state index contributed by atoms with van der Waals surface area (Å²) in [4.78, 5) is 48.1. The van der Waals surface area contributed by atoms with Gasteiger partial charge in [0, 0.05) is 0 Å². The maximum Gasteiger partial charge on any atom is 0.343 e. The Hall–Kier alpha value is -4.66. The quantitative estimate of drug-likeness (QED) is 0.0843. The zero-order chi connectivity index (χ0) is 37.2. The zero-order valence-corrected chi connectivity index (χ0v) is 30.5. The summed E-state index contributed by atoms with van der Waals surface area (Å²) in [5, 5.41) is 28.3. The van der Waals surface area contributed by atoms with E-state index < -0.39 is 43.1 Å². The molecule has 0 aliphatic carbocycles. The maximum atomic E-state index is 13.4. The number of benzene rings is 2. The molecule has 0 unspecified atom stereocenters. The molecule has 0 saturated heterocycles. The lowest BCUT2D eigenvalue weighted by atomic mass is 9.86. The van der Waals surface area contributed by atoms with Gasteiger partial charge in [-0.3, -0.25) is 14.4 Å². The van der Waals surface area contributed by atoms with Crippen LogP contribution in [0.1, 0.15) is 123 Å². The molecule has 270 valence electrons. The van der Waals surface area contributed by atoms with Gasteiger partial charge in [-0.2, -0.15) is 0 Å². The van der Waals surface area contributed by atoms with Crippen molar-refractivity contribution < 1.29 is 44.0 Å². The molecule has 1 atom stereocenters. The highest BCUT2D eigenvalue weighted by Crippen LogP contribution is 2.42. The first kappa shape index (κ1) is 39.8. The van der Waals surface area contributed by atoms with Gasteiger partial charge in [-0.25, -0.2) is 4.79 Å². The largest absolute Gasteiger partial charge is 0.487 e. The van der Waals surface area contributed by atoms with Crippen molar-refractivity contribution in [2.45, 2.75) is 125 Å². The average molecular weight is 689 g/mol. The molecule has 9 nitrogen and oxygen atoms in total. The third-order valence-corrected chi connectivity index (χ3v) is 9.31. The first-order chi connectivity index (χ1) is 23.5. The molecule has 0 bridgehead atoms. The second-order valence-electron chi connectivity index (χ2n) is 14.0. The number of rotatable bonds is 17. The van der Waals surface area contributed by atoms with E-state index in [-0.39, 0.29) is 27.9 Å². The molecule has 0 spiro atoms. The Kier molecular flexibility index (Phi) is 14.2. The standard InChI is InChI=1S/C41H52O9/c1-25(2)11-8-12-26(3)13-9-14-27(4)15-10-17-41(7)18-16-30-21-35(28(5)29(6)39(30)50-41)49-40(48)33-19-31(22-36(42)43)34(24-38(46)47)32(20-33)23-37(44)45/h11,13,15,19-21H,8-10,12,14,16-18,22-24H2,1-7H3,(H,42,43)(H,44,45)(H,46,47)/t41-/m1/s1. The number of hydrogen-bond acceptors (Lipinski definition) is 6. The van der Waals surface area contributed by atoms with Crippen molar-refractivity contribution in [3.05, 3.63) is 92.1 Å². The molecule has 1 heterocycles. The number of aliphatic carboxylic acids is 3. The lowest BCUT2D eigenvalue weighted by molar-refractivity contribution is -0.137. The molecule has 0 fully saturated rings. The van der Waals surface area contributed by atoms with Crippen LogP contribution in [0.3, 0.4) is 0 Å². The molecule has 3 rings (SSSR count). The number of hydrogen-bond donors (Lipinski definition) is 3. The van der Waals surface area contributed by atoms with Crippen LogP contribution in [0.4, 0.5) is 0 Å². The molecular formula is C41H52O9. The Bertz CT molecular complexity index is 1670. The molecule has 9 heteroatoms. The topological polar surface area (TPSA) is 147 Å². The summed E-state index contributed by atoms with van der Waals surface area (Å²) in [7, 11) is 0. The fraction of sp³-hybridized carbons (Fsp3) is 0.463. The predicted molar refractivity (Wildman–Crippen MR) is 193 cm³/mol. The van der Waals surface area contributed by atoms with Gasteiger partial charge < -0.3 is 24.8 Å². The summed E-state index contributed by atoms with van der Waals surface area (Å²) in [6.45, 7) is 14.5. The number of aryl methyl sites for hydroxylation is 1. The van der Waals surface area contributed by atoms with E-state index >= 15 is 0 Å². The number of allylic oxidation sites excluding steroid dienone is 6. The Balaban J connectivity index is 1.73. The van der Waals surface area contributed by atoms with Crippen molar-refractivity contribution in [2.75, 3.05) is 0 Å². The van der Waals surface area contributed by atoms with Gasteiger partial charge in [0.25, 0.3) is 0 Å². The summed E-state index contributed by atoms with van der Waals surface area (Å²) in [6, 6.07) is 4.34. The molecule has 1 aliphatic heterocycles. The van der Waals surface area contributed by atoms with Crippen LogP contribution in [0, 0.1) is 13.8 Å². The van der Waals surface area contributed by atoms with Crippen LogP contribution in [-0.2, 0) is 40.1 Å². The number of carboxylic acids is 3. The Morgan fingerprint density at radius 2 is 1.32 bits per heavy atom. The zero-order valence-electron chi connectivity index (χ0n) is 30.5. The Morgan fingerprint density at radius 1 is 0.780 bits per heavy atom. The van der Waals surface area contributed by atoms with Crippen LogP contribution in [0.2, 0.25) is 0 Å². The van der Waals surface area contributed by atoms with Crippen molar-refractivity contribution >= 4 is 23.9 Å². The van der Waals surface area contributed by atoms with Crippen molar-refractivity contribution in [3.63, 3.8) is 0 Å². The number of fused-ring (bicyclic) bond motifs is 1. The van der Waals surface area contributed by atoms with Gasteiger partial charge in [0.05, 0.1) is 24.8 Å². The van der Waals surface area contributed by atoms with Crippen LogP contribution >= 0.6 is 0 Å². The summed E-state index contributed by atoms with van der Waals surface area (Å²) in [6.07, 6.45) is 12.8. The number of carbonyl (C=O) groups excluding carboxylic acids is 1. The van der Waals surface area contributed by atoms with Gasteiger partial charge in [-0.05, 0) is 151 Å². The minimum Gasteiger partial charge on any atom is -0.487 e. The van der Waals surface area contributed by atoms with E-state index in [1.807, 2.05) is 13.8 Å². The highest BCUT2D eigenvalue weighted by molar-refractivity contribution is 5.93. The van der Waals surface area contributed by atoms with Crippen LogP contribution < -0.4 is 9.47 Å². The lowest BCUT2D eigenvalue weighted by Gasteiger charge is -2.37. The van der Waals surface area contributed by atoms with Gasteiger partial charge >= 0.3 is 23.9 Å². The van der Waals surface area contributed by atoms with E-state index in [9.17, 15) is 34.5 Å². The summed E-state index contributed by atoms with van der Waals surface area (Å²) in [5.41, 5.74) is 6.42. The van der Waals surface area contributed by atoms with E-state index in [0.717, 1.165) is 68.2 Å². The average Bonchev–Trinajstić information content (AvgIpc) is 3.00. The van der Waals surface area contributed by atoms with Gasteiger partial charge in [0.1, 0.15) is 17.1 Å². The monoisotopic (exact) mass is 688 g/mol. The Labute approximate surface area is 295 Å². The van der Waals surface area contributed by atoms with Crippen LogP contribution in [0.25, 0.3) is 0 Å². The molecule has 0 amide bonds. The molecule has 0 radical (unpaired) electrons. The minimum atomic E-state index is -1.25. The molecule has 0 saturated carbocycles. The third kappa shape index (κ3) is 11.7. The first-order valence-corrected chi connectivity index (χ1v) is 17.3. The summed E-state index contributed by atoms with van der Waals surface area (Å²) >= 11 is 0. The molecule has 2 aromatic carbocycles. The molecular weight excluding hydrogens is 636 g/mol. The summed E-state index contributed by atoms with van der Waals surface area (Å²) in [5.74, 6) is -3.42. The number of carboxylic acid groups (broad SMARTS) is 3. The van der Waals surface area contributed by atoms with Crippen molar-refractivity contribution in [1.29, 1.82) is 0 Å². The van der Waals surface area contributed by atoms with E-state index in [2.05, 4.69) is 52.8 Å². The maximum absolute atomic E-state index is 13.4. The fourth-order valence-corrected chi connectivity index (χ4v) is 6.29. The highest BCUT2D eigenvalue weighted by Gasteiger charge is 2.33. The van der Waals surface area contributed by atoms with Crippen LogP contribution in [0.15, 0.2) is 53.1 Å². The second-order valence-corrected chi connectivity index (χ2v) is 14.0. The third-order valence-electron chi connectivity index (χ3n) is 9.31. The van der Waals surface area contributed by atoms with Crippen molar-refractivity contribution in [2.24, 2.45) is 0 Å². The van der Waals surface area contributed by atoms with Crippen molar-refractivity contribution in [3.8, 4) is 11.5 Å². The summed E-state index contributed by atoms with van der Waals surface area (Å²) < 4.78 is 12.4. The number of esters is 1. The van der Waals surface area contributed by atoms with E-state index in [4.69, 9.17) is 9.47 Å². The fourth-order valence-electron chi connectivity index (χ4n) is 6.29. The van der Waals surface area contributed by atoms with Gasteiger partial charge in [-0.15, -0.1) is 0 Å². The second kappa shape index (κ2) is 17.8. The lowest BCUT2D eigenvalue weighted by Crippen LogP contribution is -2.36. The first-order valence-electron chi connectivity index (χ1n) is 17.3. The molecule has 0 aromatic heterocycles. The van der Waals surface area contributed by atoms with Crippen molar-refractivity contribution in [1.82, 2.24) is 0 Å². The minimum absolute atomic E-state index is 0.0549. The number of carbonyl (C=O) groups is 4. The highest BCUT2D eigenvalue weighted by atomic mass is 16.5. The van der Waals surface area contributed by atoms with Gasteiger partial charge in [-0.1, -0.05) is 34.9 Å². The van der Waals surface area contributed by atoms with E-state index in [0.29, 0.717) is 11.3 Å². The SMILES string of the molecule is CC(C)=CCCC(C)=CCCC(C)=CCC[C@]1(C)CCc2cc(OC(=O)c3cc(CC(=O)O)c(CC(=O)O)c(CC(=O)O)c3)c(C)c(C)c2O1. The van der Waals surface area contributed by atoms with Gasteiger partial charge in [0.2, 0.25) is 0 Å². The van der Waals surface area contributed by atoms with Gasteiger partial charge in [0.15, 0.2) is 0 Å². The molecule has 2 aromatic rings. The number of ether oxygens (including phenoxy) is 2. The normalized spacial score (nSPS) is 15.9. The predicted octanol–water partition coefficient (Wildman–Crippen LogP) is 8.69. The molecule has 50 heavy (non-hydrogen) atoms.